The van der Waals surface area contributed by atoms with Gasteiger partial charge in [-0.25, -0.2) is 18.6 Å². The molecule has 0 bridgehead atoms. The average Bonchev–Trinajstić information content (AvgIpc) is 3.08. The molecule has 2 aromatic rings. The third-order valence-electron chi connectivity index (χ3n) is 4.42. The molecule has 28 heavy (non-hydrogen) atoms. The molecule has 1 aromatic carbocycles. The highest BCUT2D eigenvalue weighted by molar-refractivity contribution is 7.13. The fraction of sp³-hybridized carbons (Fsp3) is 0.389. The number of benzene rings is 1. The molecule has 0 saturated carbocycles. The minimum atomic E-state index is -0.706. The predicted octanol–water partition coefficient (Wildman–Crippen LogP) is 2.06. The summed E-state index contributed by atoms with van der Waals surface area (Å²) in [5.74, 6) is -1.82. The van der Waals surface area contributed by atoms with Crippen LogP contribution in [0.3, 0.4) is 0 Å². The number of rotatable bonds is 5. The summed E-state index contributed by atoms with van der Waals surface area (Å²) in [6, 6.07) is 3.33. The van der Waals surface area contributed by atoms with E-state index in [1.165, 1.54) is 17.4 Å². The largest absolute Gasteiger partial charge is 0.351 e. The van der Waals surface area contributed by atoms with Crippen LogP contribution in [-0.4, -0.2) is 59.9 Å². The summed E-state index contributed by atoms with van der Waals surface area (Å²) in [6.07, 6.45) is -0.0447. The van der Waals surface area contributed by atoms with E-state index in [1.54, 1.807) is 10.3 Å². The second-order valence-corrected chi connectivity index (χ2v) is 7.38. The van der Waals surface area contributed by atoms with Crippen LogP contribution >= 0.6 is 11.3 Å². The molecule has 0 unspecified atom stereocenters. The third-order valence-corrected chi connectivity index (χ3v) is 5.23. The van der Waals surface area contributed by atoms with Gasteiger partial charge in [0.05, 0.1) is 12.1 Å². The molecule has 0 radical (unpaired) electrons. The van der Waals surface area contributed by atoms with Gasteiger partial charge in [-0.3, -0.25) is 10.1 Å². The Balaban J connectivity index is 1.48. The van der Waals surface area contributed by atoms with Gasteiger partial charge in [-0.2, -0.15) is 0 Å². The fourth-order valence-electron chi connectivity index (χ4n) is 2.74. The van der Waals surface area contributed by atoms with E-state index in [1.807, 2.05) is 7.05 Å². The molecule has 3 amide bonds. The Labute approximate surface area is 165 Å². The first-order valence-electron chi connectivity index (χ1n) is 8.81. The normalized spacial score (nSPS) is 14.8. The number of hydrogen-bond donors (Lipinski definition) is 2. The van der Waals surface area contributed by atoms with E-state index < -0.39 is 17.5 Å². The molecule has 2 heterocycles. The van der Waals surface area contributed by atoms with Gasteiger partial charge in [-0.05, 0) is 19.2 Å². The first-order valence-corrected chi connectivity index (χ1v) is 9.69. The number of halogens is 2. The van der Waals surface area contributed by atoms with Crippen molar-refractivity contribution in [1.29, 1.82) is 0 Å². The summed E-state index contributed by atoms with van der Waals surface area (Å²) in [4.78, 5) is 32.4. The standard InChI is InChI=1S/C18H21F2N5O2S/c1-24-5-7-25(8-6-24)18(27)23-17-22-12(11-28-17)9-16(26)21-10-13-14(19)3-2-4-15(13)20/h2-4,11H,5-10H2,1H3,(H,21,26)(H,22,23,27). The Morgan fingerprint density at radius 3 is 2.54 bits per heavy atom. The van der Waals surface area contributed by atoms with Crippen LogP contribution in [0, 0.1) is 11.6 Å². The number of nitrogens with zero attached hydrogens (tertiary/aromatic N) is 3. The average molecular weight is 409 g/mol. The van der Waals surface area contributed by atoms with Crippen LogP contribution in [0.1, 0.15) is 11.3 Å². The van der Waals surface area contributed by atoms with Crippen molar-refractivity contribution in [3.63, 3.8) is 0 Å². The molecule has 150 valence electrons. The number of urea groups is 1. The zero-order chi connectivity index (χ0) is 20.1. The van der Waals surface area contributed by atoms with E-state index in [9.17, 15) is 18.4 Å². The Kier molecular flexibility index (Phi) is 6.53. The maximum absolute atomic E-state index is 13.6. The molecule has 0 spiro atoms. The highest BCUT2D eigenvalue weighted by atomic mass is 32.1. The summed E-state index contributed by atoms with van der Waals surface area (Å²) < 4.78 is 27.2. The van der Waals surface area contributed by atoms with E-state index in [-0.39, 0.29) is 24.6 Å². The van der Waals surface area contributed by atoms with E-state index in [0.29, 0.717) is 23.9 Å². The van der Waals surface area contributed by atoms with Gasteiger partial charge in [-0.1, -0.05) is 6.07 Å². The smallest absolute Gasteiger partial charge is 0.323 e. The van der Waals surface area contributed by atoms with Crippen molar-refractivity contribution in [2.24, 2.45) is 0 Å². The van der Waals surface area contributed by atoms with Gasteiger partial charge in [-0.15, -0.1) is 11.3 Å². The molecule has 1 aliphatic heterocycles. The second kappa shape index (κ2) is 9.07. The number of carbonyl (C=O) groups is 2. The van der Waals surface area contributed by atoms with Crippen molar-refractivity contribution >= 4 is 28.4 Å². The van der Waals surface area contributed by atoms with Crippen LogP contribution in [-0.2, 0) is 17.8 Å². The minimum Gasteiger partial charge on any atom is -0.351 e. The van der Waals surface area contributed by atoms with Crippen LogP contribution in [0.15, 0.2) is 23.6 Å². The maximum Gasteiger partial charge on any atom is 0.323 e. The van der Waals surface area contributed by atoms with E-state index in [0.717, 1.165) is 25.2 Å². The lowest BCUT2D eigenvalue weighted by atomic mass is 10.2. The van der Waals surface area contributed by atoms with Gasteiger partial charge < -0.3 is 15.1 Å². The second-order valence-electron chi connectivity index (χ2n) is 6.52. The highest BCUT2D eigenvalue weighted by Crippen LogP contribution is 2.17. The van der Waals surface area contributed by atoms with Gasteiger partial charge in [0.15, 0.2) is 5.13 Å². The van der Waals surface area contributed by atoms with E-state index in [4.69, 9.17) is 0 Å². The Morgan fingerprint density at radius 1 is 1.18 bits per heavy atom. The molecule has 0 atom stereocenters. The SMILES string of the molecule is CN1CCN(C(=O)Nc2nc(CC(=O)NCc3c(F)cccc3F)cs2)CC1. The number of piperazine rings is 1. The molecule has 3 rings (SSSR count). The van der Waals surface area contributed by atoms with Crippen LogP contribution < -0.4 is 10.6 Å². The van der Waals surface area contributed by atoms with Gasteiger partial charge >= 0.3 is 6.03 Å². The minimum absolute atomic E-state index is 0.0447. The molecular weight excluding hydrogens is 388 g/mol. The zero-order valence-electron chi connectivity index (χ0n) is 15.4. The van der Waals surface area contributed by atoms with Gasteiger partial charge in [0.1, 0.15) is 11.6 Å². The summed E-state index contributed by atoms with van der Waals surface area (Å²) in [5.41, 5.74) is 0.291. The van der Waals surface area contributed by atoms with Crippen molar-refractivity contribution in [2.75, 3.05) is 38.5 Å². The van der Waals surface area contributed by atoms with E-state index >= 15 is 0 Å². The topological polar surface area (TPSA) is 77.6 Å². The lowest BCUT2D eigenvalue weighted by Crippen LogP contribution is -2.48. The summed E-state index contributed by atoms with van der Waals surface area (Å²) in [6.45, 7) is 2.69. The molecule has 1 saturated heterocycles. The highest BCUT2D eigenvalue weighted by Gasteiger charge is 2.20. The number of hydrogen-bond acceptors (Lipinski definition) is 5. The summed E-state index contributed by atoms with van der Waals surface area (Å²) >= 11 is 1.22. The first-order chi connectivity index (χ1) is 13.4. The van der Waals surface area contributed by atoms with Crippen LogP contribution in [0.4, 0.5) is 18.7 Å². The molecule has 0 aliphatic carbocycles. The quantitative estimate of drug-likeness (QED) is 0.793. The lowest BCUT2D eigenvalue weighted by Gasteiger charge is -2.32. The molecular formula is C18H21F2N5O2S. The van der Waals surface area contributed by atoms with Crippen molar-refractivity contribution in [1.82, 2.24) is 20.1 Å². The molecule has 10 heteroatoms. The van der Waals surface area contributed by atoms with Crippen LogP contribution in [0.2, 0.25) is 0 Å². The molecule has 1 aliphatic rings. The van der Waals surface area contributed by atoms with Gasteiger partial charge in [0.2, 0.25) is 5.91 Å². The van der Waals surface area contributed by atoms with E-state index in [2.05, 4.69) is 20.5 Å². The number of likely N-dealkylation sites (N-methyl/N-ethyl adjacent to an activating group) is 1. The number of anilines is 1. The number of nitrogens with one attached hydrogen (secondary N) is 2. The number of thiazole rings is 1. The molecule has 2 N–H and O–H groups in total. The third kappa shape index (κ3) is 5.23. The molecule has 1 aromatic heterocycles. The Hall–Kier alpha value is -2.59. The molecule has 1 fully saturated rings. The fourth-order valence-corrected chi connectivity index (χ4v) is 3.44. The van der Waals surface area contributed by atoms with Crippen LogP contribution in [0.25, 0.3) is 0 Å². The zero-order valence-corrected chi connectivity index (χ0v) is 16.2. The van der Waals surface area contributed by atoms with Crippen molar-refractivity contribution in [2.45, 2.75) is 13.0 Å². The Bertz CT molecular complexity index is 832. The monoisotopic (exact) mass is 409 g/mol. The number of amides is 3. The summed E-state index contributed by atoms with van der Waals surface area (Å²) in [7, 11) is 2.01. The van der Waals surface area contributed by atoms with Gasteiger partial charge in [0.25, 0.3) is 0 Å². The number of aromatic nitrogens is 1. The lowest BCUT2D eigenvalue weighted by molar-refractivity contribution is -0.120. The Morgan fingerprint density at radius 2 is 1.86 bits per heavy atom. The van der Waals surface area contributed by atoms with Crippen molar-refractivity contribution < 1.29 is 18.4 Å². The van der Waals surface area contributed by atoms with Crippen molar-refractivity contribution in [3.8, 4) is 0 Å². The number of carbonyl (C=O) groups excluding carboxylic acids is 2. The maximum atomic E-state index is 13.6. The summed E-state index contributed by atoms with van der Waals surface area (Å²) in [5, 5.41) is 7.30. The van der Waals surface area contributed by atoms with Crippen LogP contribution in [0.5, 0.6) is 0 Å². The van der Waals surface area contributed by atoms with Crippen molar-refractivity contribution in [3.05, 3.63) is 46.5 Å². The first kappa shape index (κ1) is 20.2. The molecule has 7 nitrogen and oxygen atoms in total. The van der Waals surface area contributed by atoms with Gasteiger partial charge in [0, 0.05) is 43.7 Å². The predicted molar refractivity (Wildman–Crippen MR) is 102 cm³/mol.